The first-order valence-corrected chi connectivity index (χ1v) is 23.8. The van der Waals surface area contributed by atoms with Crippen LogP contribution in [0.5, 0.6) is 0 Å². The van der Waals surface area contributed by atoms with Crippen LogP contribution in [-0.4, -0.2) is 74.9 Å². The average molecular weight is 855 g/mol. The zero-order chi connectivity index (χ0) is 44.3. The monoisotopic (exact) mass is 855 g/mol. The number of carbonyl (C=O) groups is 2. The van der Waals surface area contributed by atoms with Gasteiger partial charge in [-0.1, -0.05) is 148 Å². The maximum Gasteiger partial charge on any atom is 0.472 e. The van der Waals surface area contributed by atoms with E-state index in [-0.39, 0.29) is 26.1 Å². The molecule has 0 spiro atoms. The fourth-order valence-electron chi connectivity index (χ4n) is 5.03. The van der Waals surface area contributed by atoms with Gasteiger partial charge in [0.25, 0.3) is 0 Å². The summed E-state index contributed by atoms with van der Waals surface area (Å²) in [4.78, 5) is 35.3. The topological polar surface area (TPSA) is 108 Å². The predicted molar refractivity (Wildman–Crippen MR) is 251 cm³/mol. The number of esters is 2. The summed E-state index contributed by atoms with van der Waals surface area (Å²) in [5.41, 5.74) is 0. The van der Waals surface area contributed by atoms with Crippen LogP contribution in [0.2, 0.25) is 0 Å². The van der Waals surface area contributed by atoms with Crippen molar-refractivity contribution in [3.63, 3.8) is 0 Å². The van der Waals surface area contributed by atoms with Crippen molar-refractivity contribution in [2.45, 2.75) is 136 Å². The quantitative estimate of drug-likeness (QED) is 0.0215. The molecule has 2 atom stereocenters. The van der Waals surface area contributed by atoms with Gasteiger partial charge in [-0.2, -0.15) is 0 Å². The number of carbonyl (C=O) groups excluding carboxylic acids is 2. The van der Waals surface area contributed by atoms with Gasteiger partial charge in [-0.05, 0) is 89.9 Å². The van der Waals surface area contributed by atoms with E-state index >= 15 is 0 Å². The molecular weight excluding hydrogens is 774 g/mol. The van der Waals surface area contributed by atoms with E-state index in [1.807, 2.05) is 39.4 Å². The summed E-state index contributed by atoms with van der Waals surface area (Å²) in [5.74, 6) is -0.977. The molecule has 9 nitrogen and oxygen atoms in total. The highest BCUT2D eigenvalue weighted by Gasteiger charge is 2.27. The van der Waals surface area contributed by atoms with E-state index in [1.165, 1.54) is 25.7 Å². The van der Waals surface area contributed by atoms with Crippen molar-refractivity contribution >= 4 is 19.8 Å². The Kier molecular flexibility index (Phi) is 38.4. The van der Waals surface area contributed by atoms with Crippen molar-refractivity contribution in [3.8, 4) is 0 Å². The smallest absolute Gasteiger partial charge is 0.462 e. The van der Waals surface area contributed by atoms with E-state index in [4.69, 9.17) is 18.5 Å². The molecule has 0 aliphatic carbocycles. The van der Waals surface area contributed by atoms with E-state index in [0.29, 0.717) is 23.9 Å². The first kappa shape index (κ1) is 56.4. The predicted octanol–water partition coefficient (Wildman–Crippen LogP) is 12.9. The zero-order valence-electron chi connectivity index (χ0n) is 37.9. The van der Waals surface area contributed by atoms with E-state index in [2.05, 4.69) is 117 Å². The number of rotatable bonds is 38. The van der Waals surface area contributed by atoms with Crippen LogP contribution in [0.15, 0.2) is 122 Å². The van der Waals surface area contributed by atoms with Crippen LogP contribution < -0.4 is 0 Å². The van der Waals surface area contributed by atoms with Gasteiger partial charge in [-0.25, -0.2) is 4.57 Å². The van der Waals surface area contributed by atoms with Crippen LogP contribution in [0.4, 0.5) is 0 Å². The van der Waals surface area contributed by atoms with Crippen LogP contribution in [0.1, 0.15) is 129 Å². The first-order chi connectivity index (χ1) is 29.0. The standard InChI is InChI=1S/C50H80NO8P/c1-6-8-10-12-14-16-18-20-22-24-25-27-29-31-33-35-37-39-41-43-50(53)59-48(47-58-60(54,55)57-45-44-51(3,4)5)46-56-49(52)42-40-38-36-34-32-30-28-26-23-21-19-17-15-13-11-9-7-2/h8,10,14-17,20-23,25,27-28,30-31,33-34,36-37,39,48H,6-7,9,11-13,18-19,24,26,29,32,35,38,40-47H2,1-5H3/p+1/b10-8-,16-14-,17-15-,22-20-,23-21-,27-25-,30-28-,33-31-,36-34-,39-37-. The molecule has 0 aliphatic heterocycles. The van der Waals surface area contributed by atoms with Crippen molar-refractivity contribution in [3.05, 3.63) is 122 Å². The normalized spacial score (nSPS) is 14.7. The molecule has 1 N–H and O–H groups in total. The number of phosphoric ester groups is 1. The minimum absolute atomic E-state index is 0.00210. The van der Waals surface area contributed by atoms with Gasteiger partial charge >= 0.3 is 19.8 Å². The number of phosphoric acid groups is 1. The summed E-state index contributed by atoms with van der Waals surface area (Å²) < 4.78 is 34.1. The van der Waals surface area contributed by atoms with Gasteiger partial charge in [0, 0.05) is 12.8 Å². The molecule has 0 rings (SSSR count). The lowest BCUT2D eigenvalue weighted by molar-refractivity contribution is -0.870. The Balaban J connectivity index is 4.61. The first-order valence-electron chi connectivity index (χ1n) is 22.3. The van der Waals surface area contributed by atoms with Crippen molar-refractivity contribution in [1.82, 2.24) is 0 Å². The molecule has 10 heteroatoms. The average Bonchev–Trinajstić information content (AvgIpc) is 3.20. The minimum atomic E-state index is -4.42. The Morgan fingerprint density at radius 2 is 0.967 bits per heavy atom. The van der Waals surface area contributed by atoms with Crippen molar-refractivity contribution in [2.75, 3.05) is 47.5 Å². The minimum Gasteiger partial charge on any atom is -0.462 e. The van der Waals surface area contributed by atoms with E-state index in [1.54, 1.807) is 0 Å². The fourth-order valence-corrected chi connectivity index (χ4v) is 5.77. The maximum absolute atomic E-state index is 12.7. The molecule has 0 radical (unpaired) electrons. The van der Waals surface area contributed by atoms with Crippen molar-refractivity contribution in [2.24, 2.45) is 0 Å². The molecule has 2 unspecified atom stereocenters. The zero-order valence-corrected chi connectivity index (χ0v) is 38.8. The van der Waals surface area contributed by atoms with Gasteiger partial charge in [0.15, 0.2) is 6.10 Å². The Bertz CT molecular complexity index is 1430. The molecular formula is C50H81NO8P+. The third-order valence-corrected chi connectivity index (χ3v) is 9.47. The van der Waals surface area contributed by atoms with Gasteiger partial charge in [-0.3, -0.25) is 18.6 Å². The highest BCUT2D eigenvalue weighted by molar-refractivity contribution is 7.47. The number of hydrogen-bond acceptors (Lipinski definition) is 7. The fraction of sp³-hybridized carbons (Fsp3) is 0.560. The Hall–Kier alpha value is -3.59. The second-order valence-corrected chi connectivity index (χ2v) is 16.8. The largest absolute Gasteiger partial charge is 0.472 e. The molecule has 0 saturated carbocycles. The highest BCUT2D eigenvalue weighted by atomic mass is 31.2. The number of likely N-dealkylation sites (N-methyl/N-ethyl adjacent to an activating group) is 1. The lowest BCUT2D eigenvalue weighted by atomic mass is 10.2. The summed E-state index contributed by atoms with van der Waals surface area (Å²) in [6.07, 6.45) is 57.0. The number of ether oxygens (including phenoxy) is 2. The van der Waals surface area contributed by atoms with Gasteiger partial charge in [0.05, 0.1) is 27.7 Å². The third kappa shape index (κ3) is 44.0. The SMILES string of the molecule is CC/C=C\C/C=C\C/C=C\C/C=C\C/C=C\C/C=C\CCC(=O)OC(COC(=O)CCC/C=C\C/C=C\C/C=C\C/C=C\CCCCC)COP(=O)(O)OCC[N+](C)(C)C. The maximum atomic E-state index is 12.7. The molecule has 0 aliphatic rings. The van der Waals surface area contributed by atoms with E-state index < -0.39 is 32.5 Å². The highest BCUT2D eigenvalue weighted by Crippen LogP contribution is 2.43. The van der Waals surface area contributed by atoms with Crippen LogP contribution in [-0.2, 0) is 32.7 Å². The summed E-state index contributed by atoms with van der Waals surface area (Å²) in [7, 11) is 1.38. The Morgan fingerprint density at radius 1 is 0.533 bits per heavy atom. The number of hydrogen-bond donors (Lipinski definition) is 1. The van der Waals surface area contributed by atoms with Gasteiger partial charge in [0.2, 0.25) is 0 Å². The lowest BCUT2D eigenvalue weighted by Crippen LogP contribution is -2.37. The Labute approximate surface area is 365 Å². The second kappa shape index (κ2) is 40.8. The van der Waals surface area contributed by atoms with Crippen molar-refractivity contribution in [1.29, 1.82) is 0 Å². The summed E-state index contributed by atoms with van der Waals surface area (Å²) in [6.45, 7) is 4.09. The molecule has 0 saturated heterocycles. The van der Waals surface area contributed by atoms with Gasteiger partial charge in [0.1, 0.15) is 19.8 Å². The molecule has 0 aromatic carbocycles. The number of allylic oxidation sites excluding steroid dienone is 20. The van der Waals surface area contributed by atoms with Crippen LogP contribution in [0, 0.1) is 0 Å². The third-order valence-electron chi connectivity index (χ3n) is 8.49. The van der Waals surface area contributed by atoms with Crippen molar-refractivity contribution < 1.29 is 42.1 Å². The molecule has 0 fully saturated rings. The molecule has 0 aromatic heterocycles. The van der Waals surface area contributed by atoms with E-state index in [9.17, 15) is 19.0 Å². The number of nitrogens with zero attached hydrogens (tertiary/aromatic N) is 1. The van der Waals surface area contributed by atoms with E-state index in [0.717, 1.165) is 64.2 Å². The lowest BCUT2D eigenvalue weighted by Gasteiger charge is -2.24. The van der Waals surface area contributed by atoms with Crippen LogP contribution in [0.3, 0.4) is 0 Å². The molecule has 0 bridgehead atoms. The summed E-state index contributed by atoms with van der Waals surface area (Å²) in [6, 6.07) is 0. The number of unbranched alkanes of at least 4 members (excludes halogenated alkanes) is 4. The number of quaternary nitrogens is 1. The molecule has 0 amide bonds. The second-order valence-electron chi connectivity index (χ2n) is 15.3. The van der Waals surface area contributed by atoms with Gasteiger partial charge < -0.3 is 18.9 Å². The molecule has 338 valence electrons. The van der Waals surface area contributed by atoms with Crippen LogP contribution >= 0.6 is 7.82 Å². The summed E-state index contributed by atoms with van der Waals surface area (Å²) in [5, 5.41) is 0. The van der Waals surface area contributed by atoms with Crippen LogP contribution in [0.25, 0.3) is 0 Å². The summed E-state index contributed by atoms with van der Waals surface area (Å²) >= 11 is 0. The van der Waals surface area contributed by atoms with Gasteiger partial charge in [-0.15, -0.1) is 0 Å². The Morgan fingerprint density at radius 3 is 1.42 bits per heavy atom. The molecule has 0 aromatic rings. The molecule has 0 heterocycles. The molecule has 60 heavy (non-hydrogen) atoms.